The summed E-state index contributed by atoms with van der Waals surface area (Å²) in [5.41, 5.74) is 0. The molecule has 10 heteroatoms. The van der Waals surface area contributed by atoms with E-state index in [4.69, 9.17) is 5.11 Å². The van der Waals surface area contributed by atoms with E-state index >= 15 is 0 Å². The third-order valence-corrected chi connectivity index (χ3v) is 3.28. The minimum Gasteiger partial charge on any atom is -0.388 e. The van der Waals surface area contributed by atoms with Crippen LogP contribution in [0.25, 0.3) is 0 Å². The van der Waals surface area contributed by atoms with Gasteiger partial charge in [-0.05, 0) is 0 Å². The van der Waals surface area contributed by atoms with Crippen LogP contribution in [0.2, 0.25) is 0 Å². The third-order valence-electron chi connectivity index (χ3n) is 2.35. The molecule has 0 bridgehead atoms. The van der Waals surface area contributed by atoms with Crippen LogP contribution in [0.1, 0.15) is 0 Å². The van der Waals surface area contributed by atoms with E-state index in [2.05, 4.69) is 8.92 Å². The Morgan fingerprint density at radius 1 is 1.47 bits per heavy atom. The summed E-state index contributed by atoms with van der Waals surface area (Å²) in [6.45, 7) is -1.38. The molecule has 1 heterocycles. The lowest BCUT2D eigenvalue weighted by Crippen LogP contribution is -2.63. The lowest BCUT2D eigenvalue weighted by Gasteiger charge is -2.40. The number of hydrogen-bond acceptors (Lipinski definition) is 8. The van der Waals surface area contributed by atoms with Crippen LogP contribution in [-0.4, -0.2) is 73.2 Å². The van der Waals surface area contributed by atoms with E-state index in [-0.39, 0.29) is 0 Å². The van der Waals surface area contributed by atoms with Gasteiger partial charge in [-0.25, -0.2) is 0 Å². The maximum Gasteiger partial charge on any atom is 0.335 e. The molecule has 0 aromatic rings. The molecule has 5 N–H and O–H groups in total. The summed E-state index contributed by atoms with van der Waals surface area (Å²) in [5, 5.41) is 37.6. The molecule has 9 nitrogen and oxygen atoms in total. The van der Waals surface area contributed by atoms with Crippen molar-refractivity contribution in [2.24, 2.45) is 0 Å². The van der Waals surface area contributed by atoms with Crippen molar-refractivity contribution < 1.29 is 37.8 Å². The van der Waals surface area contributed by atoms with Gasteiger partial charge in [0.2, 0.25) is 5.79 Å². The number of nitrogens with one attached hydrogen (secondary N) is 1. The van der Waals surface area contributed by atoms with Crippen LogP contribution < -0.4 is 4.72 Å². The first kappa shape index (κ1) is 14.7. The molecule has 1 aliphatic rings. The van der Waals surface area contributed by atoms with E-state index in [9.17, 15) is 23.7 Å². The average molecular weight is 273 g/mol. The Morgan fingerprint density at radius 2 is 2.06 bits per heavy atom. The molecule has 0 spiro atoms. The molecule has 0 amide bonds. The molecule has 1 saturated heterocycles. The molecule has 1 aliphatic heterocycles. The molecule has 102 valence electrons. The Labute approximate surface area is 97.8 Å². The molecule has 0 aromatic heterocycles. The average Bonchev–Trinajstić information content (AvgIpc) is 2.30. The van der Waals surface area contributed by atoms with Crippen LogP contribution >= 0.6 is 0 Å². The topological polar surface area (TPSA) is 146 Å². The molecule has 1 rings (SSSR count). The lowest BCUT2D eigenvalue weighted by atomic mass is 9.98. The molecule has 0 radical (unpaired) electrons. The van der Waals surface area contributed by atoms with Gasteiger partial charge < -0.3 is 25.2 Å². The SMILES string of the molecule is CNS(=O)(=O)OC[C@@]1(O)OC[C@@H](O)[C@@H](O)[C@@H]1O. The molecule has 17 heavy (non-hydrogen) atoms. The largest absolute Gasteiger partial charge is 0.388 e. The zero-order valence-corrected chi connectivity index (χ0v) is 9.79. The van der Waals surface area contributed by atoms with Crippen molar-refractivity contribution in [3.8, 4) is 0 Å². The van der Waals surface area contributed by atoms with Gasteiger partial charge in [-0.2, -0.15) is 13.1 Å². The Balaban J connectivity index is 2.69. The van der Waals surface area contributed by atoms with E-state index in [0.717, 1.165) is 7.05 Å². The second-order valence-corrected chi connectivity index (χ2v) is 5.13. The zero-order chi connectivity index (χ0) is 13.3. The quantitative estimate of drug-likeness (QED) is 0.351. The van der Waals surface area contributed by atoms with Crippen molar-refractivity contribution in [2.45, 2.75) is 24.1 Å². The van der Waals surface area contributed by atoms with Crippen LogP contribution in [0.4, 0.5) is 0 Å². The number of hydrogen-bond donors (Lipinski definition) is 5. The normalized spacial score (nSPS) is 39.2. The van der Waals surface area contributed by atoms with E-state index in [1.165, 1.54) is 0 Å². The molecule has 0 aliphatic carbocycles. The van der Waals surface area contributed by atoms with E-state index in [1.807, 2.05) is 4.72 Å². The van der Waals surface area contributed by atoms with Crippen molar-refractivity contribution in [3.63, 3.8) is 0 Å². The number of ether oxygens (including phenoxy) is 1. The van der Waals surface area contributed by atoms with Gasteiger partial charge in [-0.3, -0.25) is 4.18 Å². The minimum absolute atomic E-state index is 0.461. The number of rotatable bonds is 4. The van der Waals surface area contributed by atoms with E-state index < -0.39 is 47.6 Å². The highest BCUT2D eigenvalue weighted by molar-refractivity contribution is 7.84. The fourth-order valence-electron chi connectivity index (χ4n) is 1.24. The van der Waals surface area contributed by atoms with Gasteiger partial charge in [0.05, 0.1) is 6.61 Å². The van der Waals surface area contributed by atoms with Crippen molar-refractivity contribution >= 4 is 10.3 Å². The summed E-state index contributed by atoms with van der Waals surface area (Å²) in [4.78, 5) is 0. The predicted molar refractivity (Wildman–Crippen MR) is 52.9 cm³/mol. The van der Waals surface area contributed by atoms with Gasteiger partial charge in [-0.1, -0.05) is 0 Å². The molecule has 4 atom stereocenters. The van der Waals surface area contributed by atoms with Crippen LogP contribution in [-0.2, 0) is 19.2 Å². The fraction of sp³-hybridized carbons (Fsp3) is 1.00. The van der Waals surface area contributed by atoms with Crippen molar-refractivity contribution in [3.05, 3.63) is 0 Å². The maximum absolute atomic E-state index is 10.9. The summed E-state index contributed by atoms with van der Waals surface area (Å²) in [7, 11) is -2.96. The first-order chi connectivity index (χ1) is 7.72. The summed E-state index contributed by atoms with van der Waals surface area (Å²) >= 11 is 0. The van der Waals surface area contributed by atoms with E-state index in [1.54, 1.807) is 0 Å². The molecule has 1 fully saturated rings. The molecule has 0 saturated carbocycles. The summed E-state index contributed by atoms with van der Waals surface area (Å²) in [6.07, 6.45) is -4.92. The predicted octanol–water partition coefficient (Wildman–Crippen LogP) is -3.73. The molecular formula is C7H15NO8S. The minimum atomic E-state index is -4.06. The first-order valence-corrected chi connectivity index (χ1v) is 6.11. The second-order valence-electron chi connectivity index (χ2n) is 3.58. The van der Waals surface area contributed by atoms with Crippen LogP contribution in [0.3, 0.4) is 0 Å². The molecular weight excluding hydrogens is 258 g/mol. The van der Waals surface area contributed by atoms with E-state index in [0.29, 0.717) is 0 Å². The van der Waals surface area contributed by atoms with Crippen LogP contribution in [0.15, 0.2) is 0 Å². The monoisotopic (exact) mass is 273 g/mol. The fourth-order valence-corrected chi connectivity index (χ4v) is 1.68. The summed E-state index contributed by atoms with van der Waals surface area (Å²) in [6, 6.07) is 0. The highest BCUT2D eigenvalue weighted by Gasteiger charge is 2.49. The Morgan fingerprint density at radius 3 is 2.59 bits per heavy atom. The van der Waals surface area contributed by atoms with Gasteiger partial charge in [0.25, 0.3) is 0 Å². The van der Waals surface area contributed by atoms with Gasteiger partial charge in [-0.15, -0.1) is 0 Å². The van der Waals surface area contributed by atoms with Gasteiger partial charge in [0.15, 0.2) is 0 Å². The molecule has 0 unspecified atom stereocenters. The maximum atomic E-state index is 10.9. The van der Waals surface area contributed by atoms with Gasteiger partial charge in [0, 0.05) is 7.05 Å². The highest BCUT2D eigenvalue weighted by atomic mass is 32.2. The zero-order valence-electron chi connectivity index (χ0n) is 8.98. The first-order valence-electron chi connectivity index (χ1n) is 4.70. The van der Waals surface area contributed by atoms with Crippen LogP contribution in [0, 0.1) is 0 Å². The summed E-state index contributed by atoms with van der Waals surface area (Å²) < 4.78 is 32.7. The lowest BCUT2D eigenvalue weighted by molar-refractivity contribution is -0.328. The number of aliphatic hydroxyl groups excluding tert-OH is 3. The van der Waals surface area contributed by atoms with Crippen LogP contribution in [0.5, 0.6) is 0 Å². The Bertz CT molecular complexity index is 359. The Kier molecular flexibility index (Phi) is 4.43. The van der Waals surface area contributed by atoms with Crippen molar-refractivity contribution in [1.82, 2.24) is 4.72 Å². The molecule has 0 aromatic carbocycles. The van der Waals surface area contributed by atoms with Gasteiger partial charge in [0.1, 0.15) is 24.9 Å². The summed E-state index contributed by atoms with van der Waals surface area (Å²) in [5.74, 6) is -2.40. The van der Waals surface area contributed by atoms with Gasteiger partial charge >= 0.3 is 10.3 Å². The van der Waals surface area contributed by atoms with Crippen molar-refractivity contribution in [1.29, 1.82) is 0 Å². The Hall–Kier alpha value is -0.330. The number of aliphatic hydroxyl groups is 4. The standard InChI is InChI=1S/C7H15NO8S/c1-8-17(13,14)16-3-7(12)6(11)5(10)4(9)2-15-7/h4-6,8-12H,2-3H2,1H3/t4-,5-,6+,7-/m1/s1. The highest BCUT2D eigenvalue weighted by Crippen LogP contribution is 2.24. The van der Waals surface area contributed by atoms with Crippen molar-refractivity contribution in [2.75, 3.05) is 20.3 Å². The smallest absolute Gasteiger partial charge is 0.335 e. The second kappa shape index (κ2) is 5.12. The third kappa shape index (κ3) is 3.33.